The molecule has 0 fully saturated rings. The minimum atomic E-state index is -0.455. The van der Waals surface area contributed by atoms with Crippen LogP contribution in [0.1, 0.15) is 5.69 Å². The Kier molecular flexibility index (Phi) is 3.85. The van der Waals surface area contributed by atoms with Crippen LogP contribution in [0, 0.1) is 5.82 Å². The van der Waals surface area contributed by atoms with E-state index in [2.05, 4.69) is 20.3 Å². The molecule has 1 N–H and O–H groups in total. The van der Waals surface area contributed by atoms with E-state index >= 15 is 0 Å². The molecule has 25 heavy (non-hydrogen) atoms. The second-order valence-electron chi connectivity index (χ2n) is 5.67. The Morgan fingerprint density at radius 1 is 1.24 bits per heavy atom. The predicted octanol–water partition coefficient (Wildman–Crippen LogP) is 3.51. The zero-order chi connectivity index (χ0) is 17.4. The maximum absolute atomic E-state index is 13.5. The fraction of sp³-hybridized carbons (Fsp3) is 0.118. The average Bonchev–Trinajstić information content (AvgIpc) is 3.31. The van der Waals surface area contributed by atoms with Crippen molar-refractivity contribution in [1.82, 2.24) is 29.5 Å². The molecule has 0 atom stereocenters. The van der Waals surface area contributed by atoms with Gasteiger partial charge in [-0.1, -0.05) is 11.6 Å². The van der Waals surface area contributed by atoms with Crippen LogP contribution in [-0.4, -0.2) is 29.5 Å². The minimum absolute atomic E-state index is 0.0647. The predicted molar refractivity (Wildman–Crippen MR) is 92.5 cm³/mol. The van der Waals surface area contributed by atoms with Crippen LogP contribution in [-0.2, 0) is 13.6 Å². The number of hydrogen-bond donors (Lipinski definition) is 1. The van der Waals surface area contributed by atoms with Crippen LogP contribution in [0.3, 0.4) is 0 Å². The van der Waals surface area contributed by atoms with E-state index in [1.54, 1.807) is 35.5 Å². The number of benzene rings is 1. The van der Waals surface area contributed by atoms with Gasteiger partial charge in [0.2, 0.25) is 0 Å². The number of halogens is 2. The second-order valence-corrected chi connectivity index (χ2v) is 6.07. The van der Waals surface area contributed by atoms with Gasteiger partial charge in [0.1, 0.15) is 5.82 Å². The first-order valence-electron chi connectivity index (χ1n) is 7.60. The summed E-state index contributed by atoms with van der Waals surface area (Å²) in [5, 5.41) is 11.3. The van der Waals surface area contributed by atoms with Crippen LogP contribution in [0.15, 0.2) is 49.2 Å². The summed E-state index contributed by atoms with van der Waals surface area (Å²) in [5.41, 5.74) is 4.10. The normalized spacial score (nSPS) is 11.2. The monoisotopic (exact) mass is 356 g/mol. The van der Waals surface area contributed by atoms with Crippen molar-refractivity contribution in [2.75, 3.05) is 0 Å². The van der Waals surface area contributed by atoms with Gasteiger partial charge in [-0.25, -0.2) is 9.37 Å². The highest BCUT2D eigenvalue weighted by Gasteiger charge is 2.17. The molecule has 0 spiro atoms. The van der Waals surface area contributed by atoms with Crippen LogP contribution in [0.25, 0.3) is 22.5 Å². The lowest BCUT2D eigenvalue weighted by atomic mass is 10.1. The van der Waals surface area contributed by atoms with E-state index in [0.717, 1.165) is 22.5 Å². The zero-order valence-electron chi connectivity index (χ0n) is 13.3. The maximum Gasteiger partial charge on any atom is 0.141 e. The molecule has 0 saturated carbocycles. The Bertz CT molecular complexity index is 1020. The number of aromatic amines is 1. The van der Waals surface area contributed by atoms with E-state index in [-0.39, 0.29) is 5.02 Å². The Labute approximate surface area is 147 Å². The van der Waals surface area contributed by atoms with Gasteiger partial charge >= 0.3 is 0 Å². The topological polar surface area (TPSA) is 64.3 Å². The highest BCUT2D eigenvalue weighted by atomic mass is 35.5. The molecule has 0 aliphatic heterocycles. The van der Waals surface area contributed by atoms with E-state index in [4.69, 9.17) is 11.6 Å². The summed E-state index contributed by atoms with van der Waals surface area (Å²) in [6.45, 7) is 0.559. The number of nitrogens with one attached hydrogen (secondary N) is 1. The number of H-pyrrole nitrogens is 1. The molecule has 126 valence electrons. The summed E-state index contributed by atoms with van der Waals surface area (Å²) < 4.78 is 17.2. The van der Waals surface area contributed by atoms with Crippen LogP contribution in [0.2, 0.25) is 5.02 Å². The van der Waals surface area contributed by atoms with Gasteiger partial charge in [0, 0.05) is 30.6 Å². The Morgan fingerprint density at radius 2 is 2.12 bits per heavy atom. The van der Waals surface area contributed by atoms with Gasteiger partial charge in [-0.05, 0) is 24.3 Å². The maximum atomic E-state index is 13.5. The third-order valence-corrected chi connectivity index (χ3v) is 4.19. The molecule has 0 amide bonds. The summed E-state index contributed by atoms with van der Waals surface area (Å²) in [4.78, 5) is 4.52. The van der Waals surface area contributed by atoms with Crippen LogP contribution in [0.4, 0.5) is 4.39 Å². The first kappa shape index (κ1) is 15.6. The van der Waals surface area contributed by atoms with Crippen molar-refractivity contribution in [1.29, 1.82) is 0 Å². The smallest absolute Gasteiger partial charge is 0.141 e. The van der Waals surface area contributed by atoms with Crippen molar-refractivity contribution in [2.24, 2.45) is 7.05 Å². The molecule has 0 aliphatic rings. The molecule has 6 nitrogen and oxygen atoms in total. The van der Waals surface area contributed by atoms with E-state index in [1.807, 2.05) is 23.9 Å². The second kappa shape index (κ2) is 6.18. The first-order chi connectivity index (χ1) is 12.1. The lowest BCUT2D eigenvalue weighted by Gasteiger charge is -2.08. The zero-order valence-corrected chi connectivity index (χ0v) is 14.1. The molecule has 0 radical (unpaired) electrons. The molecule has 4 rings (SSSR count). The fourth-order valence-electron chi connectivity index (χ4n) is 2.76. The van der Waals surface area contributed by atoms with Crippen molar-refractivity contribution in [2.45, 2.75) is 6.54 Å². The van der Waals surface area contributed by atoms with Crippen molar-refractivity contribution in [3.63, 3.8) is 0 Å². The highest BCUT2D eigenvalue weighted by molar-refractivity contribution is 6.31. The van der Waals surface area contributed by atoms with Gasteiger partial charge in [-0.2, -0.15) is 10.2 Å². The quantitative estimate of drug-likeness (QED) is 0.608. The fourth-order valence-corrected chi connectivity index (χ4v) is 2.94. The van der Waals surface area contributed by atoms with Crippen LogP contribution < -0.4 is 0 Å². The van der Waals surface area contributed by atoms with Crippen molar-refractivity contribution in [3.05, 3.63) is 65.7 Å². The number of aryl methyl sites for hydroxylation is 1. The summed E-state index contributed by atoms with van der Waals surface area (Å²) in [6.07, 6.45) is 7.15. The molecule has 3 aromatic heterocycles. The third-order valence-electron chi connectivity index (χ3n) is 3.90. The molecule has 0 saturated heterocycles. The standard InChI is InChI=1S/C17H14ClFN6/c1-24-5-4-13(23-24)9-25-10-20-16(17(25)12-7-21-22-8-12)11-2-3-15(19)14(18)6-11/h2-8,10H,9H2,1H3,(H,21,22). The van der Waals surface area contributed by atoms with Crippen molar-refractivity contribution < 1.29 is 4.39 Å². The summed E-state index contributed by atoms with van der Waals surface area (Å²) >= 11 is 5.94. The number of rotatable bonds is 4. The minimum Gasteiger partial charge on any atom is -0.324 e. The van der Waals surface area contributed by atoms with Gasteiger partial charge in [0.25, 0.3) is 0 Å². The highest BCUT2D eigenvalue weighted by Crippen LogP contribution is 2.33. The number of hydrogen-bond acceptors (Lipinski definition) is 3. The van der Waals surface area contributed by atoms with Gasteiger partial charge in [0.05, 0.1) is 41.2 Å². The van der Waals surface area contributed by atoms with E-state index in [0.29, 0.717) is 12.2 Å². The molecular formula is C17H14ClFN6. The SMILES string of the molecule is Cn1ccc(Cn2cnc(-c3ccc(F)c(Cl)c3)c2-c2cn[nH]c2)n1. The molecule has 4 aromatic rings. The van der Waals surface area contributed by atoms with E-state index in [9.17, 15) is 4.39 Å². The van der Waals surface area contributed by atoms with E-state index < -0.39 is 5.82 Å². The lowest BCUT2D eigenvalue weighted by Crippen LogP contribution is -2.02. The van der Waals surface area contributed by atoms with Crippen molar-refractivity contribution in [3.8, 4) is 22.5 Å². The molecule has 0 unspecified atom stereocenters. The summed E-state index contributed by atoms with van der Waals surface area (Å²) in [5.74, 6) is -0.455. The Hall–Kier alpha value is -2.93. The molecule has 0 aliphatic carbocycles. The Balaban J connectivity index is 1.83. The van der Waals surface area contributed by atoms with Gasteiger partial charge in [-0.15, -0.1) is 0 Å². The van der Waals surface area contributed by atoms with Gasteiger partial charge < -0.3 is 4.57 Å². The molecule has 0 bridgehead atoms. The first-order valence-corrected chi connectivity index (χ1v) is 7.98. The average molecular weight is 357 g/mol. The molecule has 8 heteroatoms. The van der Waals surface area contributed by atoms with Crippen LogP contribution >= 0.6 is 11.6 Å². The molecule has 3 heterocycles. The largest absolute Gasteiger partial charge is 0.324 e. The Morgan fingerprint density at radius 3 is 2.80 bits per heavy atom. The summed E-state index contributed by atoms with van der Waals surface area (Å²) in [7, 11) is 1.88. The third kappa shape index (κ3) is 2.94. The molecule has 1 aromatic carbocycles. The van der Waals surface area contributed by atoms with Crippen molar-refractivity contribution >= 4 is 11.6 Å². The number of aromatic nitrogens is 6. The lowest BCUT2D eigenvalue weighted by molar-refractivity contribution is 0.628. The molecular weight excluding hydrogens is 343 g/mol. The van der Waals surface area contributed by atoms with Crippen LogP contribution in [0.5, 0.6) is 0 Å². The number of nitrogens with zero attached hydrogens (tertiary/aromatic N) is 5. The number of imidazole rings is 1. The van der Waals surface area contributed by atoms with E-state index in [1.165, 1.54) is 6.07 Å². The van der Waals surface area contributed by atoms with Gasteiger partial charge in [0.15, 0.2) is 0 Å². The van der Waals surface area contributed by atoms with Gasteiger partial charge in [-0.3, -0.25) is 9.78 Å². The summed E-state index contributed by atoms with van der Waals surface area (Å²) in [6, 6.07) is 6.54.